The highest BCUT2D eigenvalue weighted by Crippen LogP contribution is 2.35. The second-order valence-corrected chi connectivity index (χ2v) is 8.40. The van der Waals surface area contributed by atoms with Crippen molar-refractivity contribution in [2.45, 2.75) is 20.5 Å². The summed E-state index contributed by atoms with van der Waals surface area (Å²) in [5, 5.41) is 13.2. The van der Waals surface area contributed by atoms with Gasteiger partial charge in [0.25, 0.3) is 5.91 Å². The van der Waals surface area contributed by atoms with Gasteiger partial charge in [0.2, 0.25) is 0 Å². The molecule has 1 N–H and O–H groups in total. The molecule has 0 saturated heterocycles. The van der Waals surface area contributed by atoms with E-state index in [2.05, 4.69) is 5.32 Å². The molecule has 162 valence electrons. The van der Waals surface area contributed by atoms with E-state index in [1.165, 1.54) is 6.08 Å². The molecule has 3 aromatic rings. The van der Waals surface area contributed by atoms with Crippen LogP contribution >= 0.6 is 34.8 Å². The zero-order chi connectivity index (χ0) is 23.3. The van der Waals surface area contributed by atoms with Gasteiger partial charge in [0, 0.05) is 10.7 Å². The first-order chi connectivity index (χ1) is 15.3. The Labute approximate surface area is 202 Å². The van der Waals surface area contributed by atoms with Crippen molar-refractivity contribution in [3.8, 4) is 11.8 Å². The molecule has 7 heteroatoms. The predicted octanol–water partition coefficient (Wildman–Crippen LogP) is 7.39. The van der Waals surface area contributed by atoms with Crippen LogP contribution in [0, 0.1) is 25.2 Å². The number of nitriles is 1. The van der Waals surface area contributed by atoms with Gasteiger partial charge in [0.15, 0.2) is 5.75 Å². The Morgan fingerprint density at radius 3 is 2.25 bits per heavy atom. The molecule has 0 aromatic heterocycles. The lowest BCUT2D eigenvalue weighted by Crippen LogP contribution is -2.13. The number of aryl methyl sites for hydroxylation is 2. The molecular weight excluding hydrogens is 467 g/mol. The highest BCUT2D eigenvalue weighted by atomic mass is 35.5. The molecule has 3 rings (SSSR count). The van der Waals surface area contributed by atoms with Crippen molar-refractivity contribution in [3.05, 3.63) is 97.5 Å². The predicted molar refractivity (Wildman–Crippen MR) is 130 cm³/mol. The smallest absolute Gasteiger partial charge is 0.266 e. The van der Waals surface area contributed by atoms with Crippen LogP contribution in [-0.2, 0) is 11.4 Å². The van der Waals surface area contributed by atoms with E-state index in [9.17, 15) is 10.1 Å². The Morgan fingerprint density at radius 2 is 1.66 bits per heavy atom. The number of amides is 1. The molecule has 0 heterocycles. The van der Waals surface area contributed by atoms with Gasteiger partial charge >= 0.3 is 0 Å². The number of benzene rings is 3. The summed E-state index contributed by atoms with van der Waals surface area (Å²) in [6, 6.07) is 18.1. The van der Waals surface area contributed by atoms with Crippen molar-refractivity contribution in [2.75, 3.05) is 5.32 Å². The standard InChI is InChI=1S/C25H19Cl3N2O2/c1-15-3-6-17(7-4-15)14-32-24-22(27)10-18(11-23(24)28)9-19(13-29)25(31)30-20-8-5-16(2)21(26)12-20/h3-12H,14H2,1-2H3,(H,30,31)/b19-9-. The van der Waals surface area contributed by atoms with Gasteiger partial charge in [-0.25, -0.2) is 0 Å². The van der Waals surface area contributed by atoms with Crippen molar-refractivity contribution >= 4 is 52.5 Å². The fourth-order valence-corrected chi connectivity index (χ4v) is 3.62. The van der Waals surface area contributed by atoms with E-state index in [0.29, 0.717) is 28.6 Å². The van der Waals surface area contributed by atoms with E-state index in [-0.39, 0.29) is 15.6 Å². The van der Waals surface area contributed by atoms with E-state index in [1.807, 2.05) is 44.2 Å². The molecule has 1 amide bonds. The number of nitrogens with zero attached hydrogens (tertiary/aromatic N) is 1. The first-order valence-electron chi connectivity index (χ1n) is 9.63. The molecule has 0 unspecified atom stereocenters. The van der Waals surface area contributed by atoms with Crippen molar-refractivity contribution in [1.82, 2.24) is 0 Å². The largest absolute Gasteiger partial charge is 0.486 e. The van der Waals surface area contributed by atoms with Crippen LogP contribution in [0.15, 0.2) is 60.2 Å². The normalized spacial score (nSPS) is 11.1. The van der Waals surface area contributed by atoms with Crippen LogP contribution in [0.4, 0.5) is 5.69 Å². The molecular formula is C25H19Cl3N2O2. The van der Waals surface area contributed by atoms with Crippen LogP contribution in [0.1, 0.15) is 22.3 Å². The minimum absolute atomic E-state index is 0.109. The van der Waals surface area contributed by atoms with Crippen LogP contribution in [0.2, 0.25) is 15.1 Å². The third-order valence-corrected chi connectivity index (χ3v) is 5.60. The van der Waals surface area contributed by atoms with Gasteiger partial charge in [-0.15, -0.1) is 0 Å². The summed E-state index contributed by atoms with van der Waals surface area (Å²) >= 11 is 18.8. The number of halogens is 3. The minimum atomic E-state index is -0.570. The highest BCUT2D eigenvalue weighted by molar-refractivity contribution is 6.37. The average Bonchev–Trinajstić information content (AvgIpc) is 2.75. The molecule has 0 fully saturated rings. The summed E-state index contributed by atoms with van der Waals surface area (Å²) in [6.07, 6.45) is 1.41. The monoisotopic (exact) mass is 484 g/mol. The van der Waals surface area contributed by atoms with E-state index < -0.39 is 5.91 Å². The van der Waals surface area contributed by atoms with Gasteiger partial charge < -0.3 is 10.1 Å². The summed E-state index contributed by atoms with van der Waals surface area (Å²) in [4.78, 5) is 12.5. The quantitative estimate of drug-likeness (QED) is 0.292. The minimum Gasteiger partial charge on any atom is -0.486 e. The van der Waals surface area contributed by atoms with E-state index in [0.717, 1.165) is 16.7 Å². The van der Waals surface area contributed by atoms with Gasteiger partial charge in [-0.1, -0.05) is 70.7 Å². The molecule has 0 bridgehead atoms. The summed E-state index contributed by atoms with van der Waals surface area (Å²) < 4.78 is 5.79. The Balaban J connectivity index is 1.77. The van der Waals surface area contributed by atoms with Crippen LogP contribution in [-0.4, -0.2) is 5.91 Å². The second-order valence-electron chi connectivity index (χ2n) is 7.18. The molecule has 0 aliphatic carbocycles. The number of carbonyl (C=O) groups is 1. The maximum absolute atomic E-state index is 12.5. The molecule has 32 heavy (non-hydrogen) atoms. The second kappa shape index (κ2) is 10.6. The van der Waals surface area contributed by atoms with Crippen LogP contribution in [0.5, 0.6) is 5.75 Å². The highest BCUT2D eigenvalue weighted by Gasteiger charge is 2.13. The number of nitrogens with one attached hydrogen (secondary N) is 1. The van der Waals surface area contributed by atoms with E-state index >= 15 is 0 Å². The zero-order valence-electron chi connectivity index (χ0n) is 17.4. The fraction of sp³-hybridized carbons (Fsp3) is 0.120. The van der Waals surface area contributed by atoms with Crippen LogP contribution < -0.4 is 10.1 Å². The number of rotatable bonds is 6. The lowest BCUT2D eigenvalue weighted by Gasteiger charge is -2.11. The van der Waals surface area contributed by atoms with Gasteiger partial charge in [-0.3, -0.25) is 4.79 Å². The Bertz CT molecular complexity index is 1210. The van der Waals surface area contributed by atoms with Crippen molar-refractivity contribution in [2.24, 2.45) is 0 Å². The number of hydrogen-bond donors (Lipinski definition) is 1. The van der Waals surface area contributed by atoms with Gasteiger partial charge in [-0.2, -0.15) is 5.26 Å². The van der Waals surface area contributed by atoms with E-state index in [1.54, 1.807) is 30.3 Å². The van der Waals surface area contributed by atoms with Crippen molar-refractivity contribution in [1.29, 1.82) is 5.26 Å². The third-order valence-electron chi connectivity index (χ3n) is 4.63. The molecule has 0 spiro atoms. The van der Waals surface area contributed by atoms with Crippen molar-refractivity contribution in [3.63, 3.8) is 0 Å². The van der Waals surface area contributed by atoms with Crippen molar-refractivity contribution < 1.29 is 9.53 Å². The topological polar surface area (TPSA) is 62.1 Å². The maximum atomic E-state index is 12.5. The molecule has 0 atom stereocenters. The van der Waals surface area contributed by atoms with E-state index in [4.69, 9.17) is 39.5 Å². The maximum Gasteiger partial charge on any atom is 0.266 e. The molecule has 3 aromatic carbocycles. The zero-order valence-corrected chi connectivity index (χ0v) is 19.6. The number of hydrogen-bond acceptors (Lipinski definition) is 3. The first-order valence-corrected chi connectivity index (χ1v) is 10.8. The molecule has 0 radical (unpaired) electrons. The lowest BCUT2D eigenvalue weighted by atomic mass is 10.1. The molecule has 0 aliphatic heterocycles. The van der Waals surface area contributed by atoms with Crippen LogP contribution in [0.3, 0.4) is 0 Å². The average molecular weight is 486 g/mol. The van der Waals surface area contributed by atoms with Crippen LogP contribution in [0.25, 0.3) is 6.08 Å². The van der Waals surface area contributed by atoms with Gasteiger partial charge in [0.1, 0.15) is 18.2 Å². The fourth-order valence-electron chi connectivity index (χ4n) is 2.82. The third kappa shape index (κ3) is 6.05. The molecule has 0 saturated carbocycles. The number of ether oxygens (including phenoxy) is 1. The molecule has 4 nitrogen and oxygen atoms in total. The number of carbonyl (C=O) groups excluding carboxylic acids is 1. The molecule has 0 aliphatic rings. The Morgan fingerprint density at radius 1 is 1.00 bits per heavy atom. The summed E-state index contributed by atoms with van der Waals surface area (Å²) in [6.45, 7) is 4.17. The summed E-state index contributed by atoms with van der Waals surface area (Å²) in [5.41, 5.74) is 3.89. The Kier molecular flexibility index (Phi) is 7.82. The lowest BCUT2D eigenvalue weighted by molar-refractivity contribution is -0.112. The first kappa shape index (κ1) is 23.7. The summed E-state index contributed by atoms with van der Waals surface area (Å²) in [7, 11) is 0. The Hall–Kier alpha value is -2.97. The van der Waals surface area contributed by atoms with Gasteiger partial charge in [0.05, 0.1) is 10.0 Å². The van der Waals surface area contributed by atoms with Gasteiger partial charge in [-0.05, 0) is 60.9 Å². The number of anilines is 1. The SMILES string of the molecule is Cc1ccc(COc2c(Cl)cc(/C=C(/C#N)C(=O)Nc3ccc(C)c(Cl)c3)cc2Cl)cc1. The summed E-state index contributed by atoms with van der Waals surface area (Å²) in [5.74, 6) is -0.234.